The summed E-state index contributed by atoms with van der Waals surface area (Å²) in [6, 6.07) is 7.82. The number of phenolic OH excluding ortho intramolecular Hbond substituents is 2. The Morgan fingerprint density at radius 1 is 1.05 bits per heavy atom. The molecule has 0 spiro atoms. The second-order valence-electron chi connectivity index (χ2n) is 10.6. The van der Waals surface area contributed by atoms with Gasteiger partial charge in [-0.15, -0.1) is 0 Å². The second kappa shape index (κ2) is 9.06. The molecule has 10 nitrogen and oxygen atoms in total. The van der Waals surface area contributed by atoms with E-state index in [2.05, 4.69) is 11.8 Å². The molecule has 0 bridgehead atoms. The molecular formula is C29H26N2O8. The van der Waals surface area contributed by atoms with Crippen LogP contribution in [0.1, 0.15) is 39.9 Å². The smallest absolute Gasteiger partial charge is 0.235 e. The number of primary amides is 1. The molecule has 0 radical (unpaired) electrons. The zero-order chi connectivity index (χ0) is 28.4. The third-order valence-electron chi connectivity index (χ3n) is 8.05. The number of fused-ring (bicyclic) bond motifs is 3. The molecule has 1 amide bonds. The molecule has 5 atom stereocenters. The number of carbonyl (C=O) groups excluding carboxylic acids is 5. The van der Waals surface area contributed by atoms with Crippen LogP contribution in [0.3, 0.4) is 0 Å². The number of ketones is 4. The molecule has 39 heavy (non-hydrogen) atoms. The van der Waals surface area contributed by atoms with E-state index in [9.17, 15) is 39.3 Å². The van der Waals surface area contributed by atoms with Crippen molar-refractivity contribution in [1.82, 2.24) is 0 Å². The van der Waals surface area contributed by atoms with Gasteiger partial charge in [0.05, 0.1) is 17.0 Å². The molecule has 3 aliphatic rings. The minimum atomic E-state index is -2.70. The SMILES string of the molecule is CN(C)c1cc(C#Cc2cccc(O)c2)c(O)c2c1C[C@H]1C[C@H]3CC(=O)C(C(N)=O)C(=O)[C@@]3(O)C(=O)C1C2=O. The van der Waals surface area contributed by atoms with Gasteiger partial charge in [-0.2, -0.15) is 0 Å². The quantitative estimate of drug-likeness (QED) is 0.318. The molecule has 0 aromatic heterocycles. The van der Waals surface area contributed by atoms with Gasteiger partial charge in [-0.1, -0.05) is 17.9 Å². The molecule has 2 aromatic carbocycles. The molecule has 200 valence electrons. The van der Waals surface area contributed by atoms with Crippen LogP contribution in [0.25, 0.3) is 0 Å². The molecule has 0 heterocycles. The average molecular weight is 531 g/mol. The summed E-state index contributed by atoms with van der Waals surface area (Å²) in [4.78, 5) is 66.7. The number of phenols is 2. The topological polar surface area (TPSA) is 175 Å². The lowest BCUT2D eigenvalue weighted by molar-refractivity contribution is -0.175. The van der Waals surface area contributed by atoms with Crippen molar-refractivity contribution in [2.45, 2.75) is 24.9 Å². The highest BCUT2D eigenvalue weighted by Crippen LogP contribution is 2.51. The number of amides is 1. The first kappa shape index (κ1) is 26.1. The van der Waals surface area contributed by atoms with Gasteiger partial charge in [0.15, 0.2) is 34.7 Å². The predicted molar refractivity (Wildman–Crippen MR) is 137 cm³/mol. The number of anilines is 1. The number of hydrogen-bond acceptors (Lipinski definition) is 9. The lowest BCUT2D eigenvalue weighted by Gasteiger charge is -2.48. The molecule has 2 fully saturated rings. The molecule has 3 aliphatic carbocycles. The normalized spacial score (nSPS) is 27.6. The van der Waals surface area contributed by atoms with Crippen LogP contribution in [0.4, 0.5) is 5.69 Å². The van der Waals surface area contributed by atoms with Crippen LogP contribution < -0.4 is 10.6 Å². The Morgan fingerprint density at radius 3 is 2.41 bits per heavy atom. The molecule has 2 saturated carbocycles. The lowest BCUT2D eigenvalue weighted by atomic mass is 9.53. The molecule has 5 rings (SSSR count). The van der Waals surface area contributed by atoms with Crippen LogP contribution in [0.5, 0.6) is 11.5 Å². The minimum absolute atomic E-state index is 0.0104. The molecule has 10 heteroatoms. The molecule has 5 N–H and O–H groups in total. The third kappa shape index (κ3) is 3.89. The second-order valence-corrected chi connectivity index (χ2v) is 10.6. The van der Waals surface area contributed by atoms with Crippen molar-refractivity contribution < 1.29 is 39.3 Å². The van der Waals surface area contributed by atoms with Crippen molar-refractivity contribution in [1.29, 1.82) is 0 Å². The third-order valence-corrected chi connectivity index (χ3v) is 8.05. The van der Waals surface area contributed by atoms with Crippen molar-refractivity contribution in [2.24, 2.45) is 29.4 Å². The summed E-state index contributed by atoms with van der Waals surface area (Å²) in [5, 5.41) is 32.2. The highest BCUT2D eigenvalue weighted by Gasteiger charge is 2.66. The fraction of sp³-hybridized carbons (Fsp3) is 0.345. The van der Waals surface area contributed by atoms with E-state index in [4.69, 9.17) is 5.73 Å². The number of aromatic hydroxyl groups is 2. The summed E-state index contributed by atoms with van der Waals surface area (Å²) in [6.07, 6.45) is -0.192. The number of nitrogens with two attached hydrogens (primary N) is 1. The summed E-state index contributed by atoms with van der Waals surface area (Å²) < 4.78 is 0. The summed E-state index contributed by atoms with van der Waals surface area (Å²) in [7, 11) is 3.51. The Balaban J connectivity index is 1.62. The standard InChI is InChI=1S/C29H26N2O8/c1-31(2)19-11-14(7-6-13-4-3-5-17(32)8-13)24(34)22-18(19)10-15-9-16-12-20(33)23(28(30)38)27(37)29(16,39)26(36)21(15)25(22)35/h3-5,8,11,15-16,21,23,32,34,39H,9-10,12H2,1-2H3,(H2,30,38)/t15-,16+,21?,23?,29+/m1/s1. The molecule has 0 aliphatic heterocycles. The Bertz CT molecular complexity index is 1550. The number of Topliss-reactive ketones (excluding diaryl/α,β-unsaturated/α-hetero) is 4. The molecule has 2 aromatic rings. The van der Waals surface area contributed by atoms with E-state index in [-0.39, 0.29) is 36.1 Å². The fourth-order valence-electron chi connectivity index (χ4n) is 6.23. The Kier molecular flexibility index (Phi) is 6.07. The van der Waals surface area contributed by atoms with Crippen LogP contribution in [-0.4, -0.2) is 64.1 Å². The number of nitrogens with zero attached hydrogens (tertiary/aromatic N) is 1. The van der Waals surface area contributed by atoms with Gasteiger partial charge in [0.25, 0.3) is 0 Å². The molecular weight excluding hydrogens is 504 g/mol. The average Bonchev–Trinajstić information content (AvgIpc) is 2.85. The number of benzene rings is 2. The van der Waals surface area contributed by atoms with Crippen molar-refractivity contribution in [3.05, 3.63) is 52.6 Å². The highest BCUT2D eigenvalue weighted by atomic mass is 16.3. The Labute approximate surface area is 223 Å². The van der Waals surface area contributed by atoms with E-state index in [0.717, 1.165) is 0 Å². The number of hydrogen-bond donors (Lipinski definition) is 4. The first-order valence-electron chi connectivity index (χ1n) is 12.4. The number of rotatable bonds is 2. The summed E-state index contributed by atoms with van der Waals surface area (Å²) in [6.45, 7) is 0. The van der Waals surface area contributed by atoms with E-state index >= 15 is 0 Å². The molecule has 2 unspecified atom stereocenters. The Hall–Kier alpha value is -4.49. The van der Waals surface area contributed by atoms with Gasteiger partial charge in [-0.25, -0.2) is 0 Å². The summed E-state index contributed by atoms with van der Waals surface area (Å²) in [5.74, 6) is -5.03. The van der Waals surface area contributed by atoms with Gasteiger partial charge in [0.2, 0.25) is 5.91 Å². The van der Waals surface area contributed by atoms with Gasteiger partial charge in [0.1, 0.15) is 11.5 Å². The zero-order valence-electron chi connectivity index (χ0n) is 21.2. The lowest BCUT2D eigenvalue weighted by Crippen LogP contribution is -2.68. The number of aliphatic hydroxyl groups is 1. The van der Waals surface area contributed by atoms with Crippen molar-refractivity contribution in [3.8, 4) is 23.3 Å². The summed E-state index contributed by atoms with van der Waals surface area (Å²) in [5.41, 5.74) is 4.06. The first-order chi connectivity index (χ1) is 18.4. The summed E-state index contributed by atoms with van der Waals surface area (Å²) >= 11 is 0. The largest absolute Gasteiger partial charge is 0.508 e. The fourth-order valence-corrected chi connectivity index (χ4v) is 6.23. The molecule has 0 saturated heterocycles. The van der Waals surface area contributed by atoms with Crippen molar-refractivity contribution in [3.63, 3.8) is 0 Å². The van der Waals surface area contributed by atoms with Crippen molar-refractivity contribution in [2.75, 3.05) is 19.0 Å². The van der Waals surface area contributed by atoms with E-state index in [1.165, 1.54) is 12.1 Å². The minimum Gasteiger partial charge on any atom is -0.508 e. The van der Waals surface area contributed by atoms with Gasteiger partial charge in [0, 0.05) is 37.7 Å². The van der Waals surface area contributed by atoms with E-state index < -0.39 is 64.1 Å². The van der Waals surface area contributed by atoms with Gasteiger partial charge in [-0.05, 0) is 48.6 Å². The van der Waals surface area contributed by atoms with Crippen LogP contribution in [0, 0.1) is 35.5 Å². The maximum Gasteiger partial charge on any atom is 0.235 e. The van der Waals surface area contributed by atoms with Gasteiger partial charge >= 0.3 is 0 Å². The predicted octanol–water partition coefficient (Wildman–Crippen LogP) is 0.498. The van der Waals surface area contributed by atoms with Crippen LogP contribution >= 0.6 is 0 Å². The maximum absolute atomic E-state index is 13.9. The highest BCUT2D eigenvalue weighted by molar-refractivity contribution is 6.31. The van der Waals surface area contributed by atoms with Crippen LogP contribution in [0.2, 0.25) is 0 Å². The van der Waals surface area contributed by atoms with Gasteiger partial charge < -0.3 is 26.0 Å². The van der Waals surface area contributed by atoms with E-state index in [1.807, 2.05) is 0 Å². The van der Waals surface area contributed by atoms with Gasteiger partial charge in [-0.3, -0.25) is 24.0 Å². The number of carbonyl (C=O) groups is 5. The van der Waals surface area contributed by atoms with E-state index in [1.54, 1.807) is 37.2 Å². The monoisotopic (exact) mass is 530 g/mol. The van der Waals surface area contributed by atoms with Crippen LogP contribution in [-0.2, 0) is 25.6 Å². The van der Waals surface area contributed by atoms with E-state index in [0.29, 0.717) is 16.8 Å². The Morgan fingerprint density at radius 2 is 1.77 bits per heavy atom. The maximum atomic E-state index is 13.9. The first-order valence-corrected chi connectivity index (χ1v) is 12.4. The van der Waals surface area contributed by atoms with Crippen LogP contribution in [0.15, 0.2) is 30.3 Å². The zero-order valence-corrected chi connectivity index (χ0v) is 21.2. The van der Waals surface area contributed by atoms with Crippen molar-refractivity contribution >= 4 is 34.7 Å².